The van der Waals surface area contributed by atoms with E-state index in [0.717, 1.165) is 22.3 Å². The van der Waals surface area contributed by atoms with Gasteiger partial charge in [-0.3, -0.25) is 9.52 Å². The van der Waals surface area contributed by atoms with Gasteiger partial charge in [0.2, 0.25) is 0 Å². The molecular weight excluding hydrogens is 384 g/mol. The molecule has 0 aliphatic rings. The van der Waals surface area contributed by atoms with Crippen LogP contribution in [0, 0.1) is 20.8 Å². The third-order valence-electron chi connectivity index (χ3n) is 4.89. The molecule has 6 heteroatoms. The zero-order valence-electron chi connectivity index (χ0n) is 16.7. The standard InChI is InChI=1S/C23H24N2O3S/c1-16-8-13-22(14-18(16)3)29(27,28)25-21-11-9-19(10-12-21)23(26)24-15-20-7-5-4-6-17(20)2/h4-14,25H,15H2,1-3H3,(H,24,26). The number of amides is 1. The summed E-state index contributed by atoms with van der Waals surface area (Å²) in [5.74, 6) is -0.211. The van der Waals surface area contributed by atoms with Crippen molar-refractivity contribution in [3.05, 3.63) is 94.5 Å². The topological polar surface area (TPSA) is 75.3 Å². The minimum Gasteiger partial charge on any atom is -0.348 e. The summed E-state index contributed by atoms with van der Waals surface area (Å²) in [6.45, 7) is 6.24. The van der Waals surface area contributed by atoms with Gasteiger partial charge in [0, 0.05) is 17.8 Å². The van der Waals surface area contributed by atoms with Gasteiger partial charge < -0.3 is 5.32 Å². The molecule has 3 aromatic carbocycles. The Morgan fingerprint density at radius 1 is 0.828 bits per heavy atom. The monoisotopic (exact) mass is 408 g/mol. The van der Waals surface area contributed by atoms with Crippen molar-refractivity contribution in [3.8, 4) is 0 Å². The number of rotatable bonds is 6. The van der Waals surface area contributed by atoms with Gasteiger partial charge in [-0.25, -0.2) is 8.42 Å². The van der Waals surface area contributed by atoms with Crippen LogP contribution in [0.3, 0.4) is 0 Å². The summed E-state index contributed by atoms with van der Waals surface area (Å²) < 4.78 is 27.7. The first kappa shape index (κ1) is 20.6. The molecule has 29 heavy (non-hydrogen) atoms. The number of benzene rings is 3. The number of hydrogen-bond donors (Lipinski definition) is 2. The summed E-state index contributed by atoms with van der Waals surface area (Å²) in [6.07, 6.45) is 0. The Balaban J connectivity index is 1.67. The molecule has 150 valence electrons. The predicted molar refractivity (Wildman–Crippen MR) is 116 cm³/mol. The molecule has 0 heterocycles. The van der Waals surface area contributed by atoms with E-state index in [1.165, 1.54) is 0 Å². The van der Waals surface area contributed by atoms with E-state index in [9.17, 15) is 13.2 Å². The van der Waals surface area contributed by atoms with E-state index >= 15 is 0 Å². The van der Waals surface area contributed by atoms with Gasteiger partial charge in [0.25, 0.3) is 15.9 Å². The van der Waals surface area contributed by atoms with E-state index in [0.29, 0.717) is 17.8 Å². The molecule has 0 unspecified atom stereocenters. The van der Waals surface area contributed by atoms with Crippen molar-refractivity contribution in [1.82, 2.24) is 5.32 Å². The lowest BCUT2D eigenvalue weighted by Crippen LogP contribution is -2.23. The Labute approximate surface area is 171 Å². The second-order valence-corrected chi connectivity index (χ2v) is 8.72. The smallest absolute Gasteiger partial charge is 0.261 e. The second-order valence-electron chi connectivity index (χ2n) is 7.04. The van der Waals surface area contributed by atoms with Crippen LogP contribution in [0.4, 0.5) is 5.69 Å². The number of anilines is 1. The summed E-state index contributed by atoms with van der Waals surface area (Å²) >= 11 is 0. The summed E-state index contributed by atoms with van der Waals surface area (Å²) in [7, 11) is -3.69. The zero-order chi connectivity index (χ0) is 21.0. The Kier molecular flexibility index (Phi) is 6.03. The van der Waals surface area contributed by atoms with Gasteiger partial charge in [0.15, 0.2) is 0 Å². The Hall–Kier alpha value is -3.12. The normalized spacial score (nSPS) is 11.1. The molecule has 0 aliphatic carbocycles. The number of aryl methyl sites for hydroxylation is 3. The van der Waals surface area contributed by atoms with Crippen LogP contribution in [0.5, 0.6) is 0 Å². The molecule has 5 nitrogen and oxygen atoms in total. The molecule has 0 spiro atoms. The summed E-state index contributed by atoms with van der Waals surface area (Å²) in [5.41, 5.74) is 4.98. The molecule has 0 fully saturated rings. The molecule has 0 saturated heterocycles. The third-order valence-corrected chi connectivity index (χ3v) is 6.27. The number of carbonyl (C=O) groups is 1. The SMILES string of the molecule is Cc1ccc(S(=O)(=O)Nc2ccc(C(=O)NCc3ccccc3C)cc2)cc1C. The van der Waals surface area contributed by atoms with Crippen LogP contribution < -0.4 is 10.0 Å². The van der Waals surface area contributed by atoms with Crippen LogP contribution >= 0.6 is 0 Å². The predicted octanol–water partition coefficient (Wildman–Crippen LogP) is 4.34. The van der Waals surface area contributed by atoms with Crippen LogP contribution in [-0.4, -0.2) is 14.3 Å². The second kappa shape index (κ2) is 8.49. The van der Waals surface area contributed by atoms with E-state index in [1.807, 2.05) is 45.0 Å². The first-order chi connectivity index (χ1) is 13.8. The minimum atomic E-state index is -3.69. The maximum absolute atomic E-state index is 12.6. The highest BCUT2D eigenvalue weighted by Gasteiger charge is 2.15. The Morgan fingerprint density at radius 3 is 2.17 bits per heavy atom. The molecule has 3 aromatic rings. The van der Waals surface area contributed by atoms with Crippen molar-refractivity contribution in [2.24, 2.45) is 0 Å². The molecular formula is C23H24N2O3S. The highest BCUT2D eigenvalue weighted by Crippen LogP contribution is 2.19. The van der Waals surface area contributed by atoms with E-state index < -0.39 is 10.0 Å². The highest BCUT2D eigenvalue weighted by atomic mass is 32.2. The molecule has 2 N–H and O–H groups in total. The average molecular weight is 409 g/mol. The van der Waals surface area contributed by atoms with Gasteiger partial charge >= 0.3 is 0 Å². The number of sulfonamides is 1. The van der Waals surface area contributed by atoms with Crippen LogP contribution in [-0.2, 0) is 16.6 Å². The number of hydrogen-bond acceptors (Lipinski definition) is 3. The fourth-order valence-electron chi connectivity index (χ4n) is 2.87. The average Bonchev–Trinajstić information content (AvgIpc) is 2.69. The van der Waals surface area contributed by atoms with Crippen molar-refractivity contribution in [3.63, 3.8) is 0 Å². The van der Waals surface area contributed by atoms with Crippen LogP contribution in [0.25, 0.3) is 0 Å². The molecule has 0 bridgehead atoms. The maximum Gasteiger partial charge on any atom is 0.261 e. The van der Waals surface area contributed by atoms with Gasteiger partial charge in [-0.15, -0.1) is 0 Å². The van der Waals surface area contributed by atoms with Gasteiger partial charge in [-0.2, -0.15) is 0 Å². The Morgan fingerprint density at radius 2 is 1.52 bits per heavy atom. The van der Waals surface area contributed by atoms with Gasteiger partial charge in [0.1, 0.15) is 0 Å². The minimum absolute atomic E-state index is 0.209. The summed E-state index contributed by atoms with van der Waals surface area (Å²) in [5, 5.41) is 2.88. The third kappa shape index (κ3) is 5.03. The lowest BCUT2D eigenvalue weighted by molar-refractivity contribution is 0.0951. The van der Waals surface area contributed by atoms with Crippen LogP contribution in [0.1, 0.15) is 32.6 Å². The van der Waals surface area contributed by atoms with Gasteiger partial charge in [0.05, 0.1) is 4.90 Å². The number of nitrogens with one attached hydrogen (secondary N) is 2. The van der Waals surface area contributed by atoms with Crippen LogP contribution in [0.15, 0.2) is 71.6 Å². The van der Waals surface area contributed by atoms with Crippen LogP contribution in [0.2, 0.25) is 0 Å². The largest absolute Gasteiger partial charge is 0.348 e. The van der Waals surface area contributed by atoms with E-state index in [4.69, 9.17) is 0 Å². The highest BCUT2D eigenvalue weighted by molar-refractivity contribution is 7.92. The first-order valence-corrected chi connectivity index (χ1v) is 10.8. The van der Waals surface area contributed by atoms with E-state index in [-0.39, 0.29) is 10.8 Å². The van der Waals surface area contributed by atoms with Crippen molar-refractivity contribution >= 4 is 21.6 Å². The summed E-state index contributed by atoms with van der Waals surface area (Å²) in [6, 6.07) is 19.2. The molecule has 0 saturated carbocycles. The lowest BCUT2D eigenvalue weighted by Gasteiger charge is -2.11. The fourth-order valence-corrected chi connectivity index (χ4v) is 4.01. The van der Waals surface area contributed by atoms with Crippen molar-refractivity contribution in [1.29, 1.82) is 0 Å². The molecule has 3 rings (SSSR count). The van der Waals surface area contributed by atoms with E-state index in [1.54, 1.807) is 42.5 Å². The Bertz CT molecular complexity index is 1140. The lowest BCUT2D eigenvalue weighted by atomic mass is 10.1. The number of carbonyl (C=O) groups excluding carboxylic acids is 1. The van der Waals surface area contributed by atoms with E-state index in [2.05, 4.69) is 10.0 Å². The quantitative estimate of drug-likeness (QED) is 0.637. The maximum atomic E-state index is 12.6. The van der Waals surface area contributed by atoms with Gasteiger partial charge in [-0.05, 0) is 79.4 Å². The van der Waals surface area contributed by atoms with Gasteiger partial charge in [-0.1, -0.05) is 30.3 Å². The zero-order valence-corrected chi connectivity index (χ0v) is 17.5. The first-order valence-electron chi connectivity index (χ1n) is 9.29. The molecule has 0 aliphatic heterocycles. The van der Waals surface area contributed by atoms with Crippen molar-refractivity contribution in [2.45, 2.75) is 32.2 Å². The molecule has 1 amide bonds. The van der Waals surface area contributed by atoms with Crippen molar-refractivity contribution in [2.75, 3.05) is 4.72 Å². The van der Waals surface area contributed by atoms with Crippen molar-refractivity contribution < 1.29 is 13.2 Å². The fraction of sp³-hybridized carbons (Fsp3) is 0.174. The summed E-state index contributed by atoms with van der Waals surface area (Å²) in [4.78, 5) is 12.6. The molecule has 0 radical (unpaired) electrons. The molecule has 0 aromatic heterocycles. The molecule has 0 atom stereocenters.